The van der Waals surface area contributed by atoms with Crippen LogP contribution in [0.3, 0.4) is 0 Å². The van der Waals surface area contributed by atoms with Crippen molar-refractivity contribution < 1.29 is 8.42 Å². The lowest BCUT2D eigenvalue weighted by Crippen LogP contribution is -2.48. The van der Waals surface area contributed by atoms with Crippen LogP contribution in [-0.4, -0.2) is 49.1 Å². The van der Waals surface area contributed by atoms with E-state index in [1.807, 2.05) is 6.92 Å². The van der Waals surface area contributed by atoms with Crippen LogP contribution in [0, 0.1) is 0 Å². The summed E-state index contributed by atoms with van der Waals surface area (Å²) in [5.41, 5.74) is 0. The Labute approximate surface area is 104 Å². The molecule has 16 heavy (non-hydrogen) atoms. The van der Waals surface area contributed by atoms with Gasteiger partial charge in [-0.1, -0.05) is 6.42 Å². The Bertz CT molecular complexity index is 308. The Morgan fingerprint density at radius 2 is 2.12 bits per heavy atom. The molecule has 0 aromatic heterocycles. The maximum Gasteiger partial charge on any atom is 0.281 e. The van der Waals surface area contributed by atoms with Gasteiger partial charge in [-0.15, -0.1) is 11.6 Å². The maximum absolute atomic E-state index is 12.2. The highest BCUT2D eigenvalue weighted by molar-refractivity contribution is 7.86. The molecule has 1 fully saturated rings. The fourth-order valence-electron chi connectivity index (χ4n) is 1.99. The van der Waals surface area contributed by atoms with E-state index in [2.05, 4.69) is 0 Å². The van der Waals surface area contributed by atoms with Gasteiger partial charge in [-0.05, 0) is 26.2 Å². The van der Waals surface area contributed by atoms with Crippen LogP contribution in [0.1, 0.15) is 32.6 Å². The highest BCUT2D eigenvalue weighted by Crippen LogP contribution is 2.21. The Balaban J connectivity index is 2.67. The number of rotatable bonds is 5. The molecular formula is C10H21ClN2O2S. The van der Waals surface area contributed by atoms with E-state index in [1.165, 1.54) is 4.31 Å². The van der Waals surface area contributed by atoms with E-state index in [1.54, 1.807) is 11.4 Å². The molecule has 0 radical (unpaired) electrons. The molecule has 0 bridgehead atoms. The largest absolute Gasteiger partial charge is 0.281 e. The maximum atomic E-state index is 12.2. The zero-order valence-corrected chi connectivity index (χ0v) is 11.6. The molecule has 0 aliphatic carbocycles. The second-order valence-electron chi connectivity index (χ2n) is 4.33. The normalized spacial score (nSPS) is 23.9. The topological polar surface area (TPSA) is 40.6 Å². The molecule has 1 aliphatic rings. The molecule has 96 valence electrons. The summed E-state index contributed by atoms with van der Waals surface area (Å²) in [6.07, 6.45) is 3.74. The summed E-state index contributed by atoms with van der Waals surface area (Å²) in [4.78, 5) is 0. The first-order valence-corrected chi connectivity index (χ1v) is 7.72. The van der Waals surface area contributed by atoms with E-state index < -0.39 is 10.2 Å². The third-order valence-corrected chi connectivity index (χ3v) is 5.41. The van der Waals surface area contributed by atoms with Crippen molar-refractivity contribution >= 4 is 21.8 Å². The molecule has 0 saturated carbocycles. The van der Waals surface area contributed by atoms with E-state index in [9.17, 15) is 8.42 Å². The third-order valence-electron chi connectivity index (χ3n) is 3.04. The van der Waals surface area contributed by atoms with Crippen molar-refractivity contribution in [1.29, 1.82) is 0 Å². The third kappa shape index (κ3) is 3.32. The fourth-order valence-corrected chi connectivity index (χ4v) is 3.75. The highest BCUT2D eigenvalue weighted by atomic mass is 35.5. The molecule has 1 heterocycles. The number of nitrogens with zero attached hydrogens (tertiary/aromatic N) is 2. The van der Waals surface area contributed by atoms with Crippen molar-refractivity contribution in [2.24, 2.45) is 0 Å². The van der Waals surface area contributed by atoms with E-state index >= 15 is 0 Å². The van der Waals surface area contributed by atoms with Gasteiger partial charge in [0.2, 0.25) is 0 Å². The van der Waals surface area contributed by atoms with Crippen molar-refractivity contribution in [1.82, 2.24) is 8.61 Å². The average Bonchev–Trinajstić information content (AvgIpc) is 2.26. The first-order valence-electron chi connectivity index (χ1n) is 5.79. The summed E-state index contributed by atoms with van der Waals surface area (Å²) in [5, 5.41) is 0. The first-order chi connectivity index (χ1) is 7.50. The number of hydrogen-bond donors (Lipinski definition) is 0. The smallest absolute Gasteiger partial charge is 0.195 e. The standard InChI is InChI=1S/C10H21ClN2O2S/c1-10-6-3-4-9-13(10)16(14,15)12(2)8-5-7-11/h10H,3-9H2,1-2H3. The molecule has 1 rings (SSSR count). The summed E-state index contributed by atoms with van der Waals surface area (Å²) < 4.78 is 27.5. The predicted octanol–water partition coefficient (Wildman–Crippen LogP) is 1.67. The van der Waals surface area contributed by atoms with Crippen LogP contribution in [0.25, 0.3) is 0 Å². The van der Waals surface area contributed by atoms with Crippen molar-refractivity contribution in [3.8, 4) is 0 Å². The molecule has 1 unspecified atom stereocenters. The zero-order chi connectivity index (χ0) is 12.2. The van der Waals surface area contributed by atoms with Crippen LogP contribution in [-0.2, 0) is 10.2 Å². The number of halogens is 1. The summed E-state index contributed by atoms with van der Waals surface area (Å²) in [7, 11) is -1.65. The fraction of sp³-hybridized carbons (Fsp3) is 1.00. The molecule has 0 amide bonds. The Morgan fingerprint density at radius 1 is 1.44 bits per heavy atom. The van der Waals surface area contributed by atoms with Crippen LogP contribution in [0.5, 0.6) is 0 Å². The second kappa shape index (κ2) is 6.19. The molecule has 6 heteroatoms. The minimum Gasteiger partial charge on any atom is -0.195 e. The van der Waals surface area contributed by atoms with E-state index in [0.717, 1.165) is 19.3 Å². The lowest BCUT2D eigenvalue weighted by Gasteiger charge is -2.35. The van der Waals surface area contributed by atoms with Crippen LogP contribution in [0.2, 0.25) is 0 Å². The molecule has 0 N–H and O–H groups in total. The van der Waals surface area contributed by atoms with Gasteiger partial charge in [0.25, 0.3) is 10.2 Å². The van der Waals surface area contributed by atoms with Gasteiger partial charge in [-0.2, -0.15) is 17.0 Å². The summed E-state index contributed by atoms with van der Waals surface area (Å²) in [6, 6.07) is 0.122. The van der Waals surface area contributed by atoms with Gasteiger partial charge in [-0.25, -0.2) is 0 Å². The summed E-state index contributed by atoms with van der Waals surface area (Å²) in [6.45, 7) is 3.12. The van der Waals surface area contributed by atoms with Crippen LogP contribution in [0.4, 0.5) is 0 Å². The van der Waals surface area contributed by atoms with Gasteiger partial charge in [0.1, 0.15) is 0 Å². The number of piperidine rings is 1. The van der Waals surface area contributed by atoms with Crippen LogP contribution in [0.15, 0.2) is 0 Å². The number of alkyl halides is 1. The van der Waals surface area contributed by atoms with E-state index in [4.69, 9.17) is 11.6 Å². The molecule has 1 atom stereocenters. The zero-order valence-electron chi connectivity index (χ0n) is 10.0. The van der Waals surface area contributed by atoms with E-state index in [0.29, 0.717) is 25.4 Å². The quantitative estimate of drug-likeness (QED) is 0.712. The molecule has 4 nitrogen and oxygen atoms in total. The van der Waals surface area contributed by atoms with Gasteiger partial charge in [0, 0.05) is 32.1 Å². The summed E-state index contributed by atoms with van der Waals surface area (Å²) in [5.74, 6) is 0.495. The molecule has 0 aromatic carbocycles. The molecule has 1 aliphatic heterocycles. The molecular weight excluding hydrogens is 248 g/mol. The Kier molecular flexibility index (Phi) is 5.50. The highest BCUT2D eigenvalue weighted by Gasteiger charge is 2.32. The SMILES string of the molecule is CC1CCCCN1S(=O)(=O)N(C)CCCCl. The second-order valence-corrected chi connectivity index (χ2v) is 6.69. The van der Waals surface area contributed by atoms with Gasteiger partial charge in [-0.3, -0.25) is 0 Å². The lowest BCUT2D eigenvalue weighted by atomic mass is 10.1. The molecule has 0 aromatic rings. The molecule has 0 spiro atoms. The van der Waals surface area contributed by atoms with E-state index in [-0.39, 0.29) is 6.04 Å². The number of hydrogen-bond acceptors (Lipinski definition) is 2. The summed E-state index contributed by atoms with van der Waals surface area (Å²) >= 11 is 5.58. The Hall–Kier alpha value is 0.160. The lowest BCUT2D eigenvalue weighted by molar-refractivity contribution is 0.250. The van der Waals surface area contributed by atoms with Crippen molar-refractivity contribution in [3.63, 3.8) is 0 Å². The monoisotopic (exact) mass is 268 g/mol. The first kappa shape index (κ1) is 14.2. The predicted molar refractivity (Wildman–Crippen MR) is 66.9 cm³/mol. The Morgan fingerprint density at radius 3 is 2.69 bits per heavy atom. The van der Waals surface area contributed by atoms with Gasteiger partial charge >= 0.3 is 0 Å². The van der Waals surface area contributed by atoms with Crippen molar-refractivity contribution in [2.45, 2.75) is 38.6 Å². The minimum atomic E-state index is -3.28. The van der Waals surface area contributed by atoms with Crippen LogP contribution < -0.4 is 0 Å². The van der Waals surface area contributed by atoms with Gasteiger partial charge < -0.3 is 0 Å². The van der Waals surface area contributed by atoms with Crippen molar-refractivity contribution in [2.75, 3.05) is 26.0 Å². The average molecular weight is 269 g/mol. The minimum absolute atomic E-state index is 0.122. The van der Waals surface area contributed by atoms with Gasteiger partial charge in [0.05, 0.1) is 0 Å². The van der Waals surface area contributed by atoms with Crippen molar-refractivity contribution in [3.05, 3.63) is 0 Å². The van der Waals surface area contributed by atoms with Gasteiger partial charge in [0.15, 0.2) is 0 Å². The van der Waals surface area contributed by atoms with Crippen LogP contribution >= 0.6 is 11.6 Å². The molecule has 1 saturated heterocycles.